The van der Waals surface area contributed by atoms with Crippen LogP contribution in [0.2, 0.25) is 0 Å². The van der Waals surface area contributed by atoms with Crippen molar-refractivity contribution in [3.63, 3.8) is 0 Å². The lowest BCUT2D eigenvalue weighted by Crippen LogP contribution is -2.21. The molecule has 0 fully saturated rings. The van der Waals surface area contributed by atoms with Crippen LogP contribution in [0.4, 0.5) is 11.5 Å². The smallest absolute Gasteiger partial charge is 0.288 e. The van der Waals surface area contributed by atoms with E-state index in [-0.39, 0.29) is 29.2 Å². The second-order valence-corrected chi connectivity index (χ2v) is 5.01. The number of aromatic amines is 1. The van der Waals surface area contributed by atoms with Crippen molar-refractivity contribution in [1.82, 2.24) is 9.97 Å². The molecule has 0 aliphatic heterocycles. The molecule has 0 aromatic carbocycles. The predicted molar refractivity (Wildman–Crippen MR) is 83.3 cm³/mol. The second kappa shape index (κ2) is 6.26. The number of primary amides is 1. The monoisotopic (exact) mass is 317 g/mol. The molecule has 4 N–H and O–H groups in total. The van der Waals surface area contributed by atoms with Crippen molar-refractivity contribution < 1.29 is 9.72 Å². The molecule has 0 spiro atoms. The average molecular weight is 317 g/mol. The molecule has 2 aromatic heterocycles. The van der Waals surface area contributed by atoms with Gasteiger partial charge in [0.15, 0.2) is 0 Å². The lowest BCUT2D eigenvalue weighted by atomic mass is 10.1. The number of aromatic nitrogens is 2. The summed E-state index contributed by atoms with van der Waals surface area (Å²) in [7, 11) is 0. The van der Waals surface area contributed by atoms with Crippen molar-refractivity contribution in [2.75, 3.05) is 5.32 Å². The van der Waals surface area contributed by atoms with Crippen molar-refractivity contribution in [3.8, 4) is 0 Å². The summed E-state index contributed by atoms with van der Waals surface area (Å²) in [6, 6.07) is 2.86. The van der Waals surface area contributed by atoms with E-state index in [1.165, 1.54) is 0 Å². The van der Waals surface area contributed by atoms with Crippen LogP contribution in [0.15, 0.2) is 23.1 Å². The van der Waals surface area contributed by atoms with E-state index in [9.17, 15) is 19.7 Å². The zero-order valence-electron chi connectivity index (χ0n) is 12.5. The molecule has 1 amide bonds. The molecule has 0 bridgehead atoms. The van der Waals surface area contributed by atoms with Crippen LogP contribution >= 0.6 is 0 Å². The van der Waals surface area contributed by atoms with Gasteiger partial charge in [0, 0.05) is 23.9 Å². The van der Waals surface area contributed by atoms with Crippen molar-refractivity contribution in [1.29, 1.82) is 0 Å². The van der Waals surface area contributed by atoms with Crippen LogP contribution in [0.5, 0.6) is 0 Å². The van der Waals surface area contributed by atoms with E-state index in [1.54, 1.807) is 13.8 Å². The zero-order chi connectivity index (χ0) is 17.1. The van der Waals surface area contributed by atoms with Gasteiger partial charge in [0.2, 0.25) is 0 Å². The minimum Gasteiger partial charge on any atom is -0.365 e. The normalized spacial score (nSPS) is 10.3. The third kappa shape index (κ3) is 3.51. The van der Waals surface area contributed by atoms with Gasteiger partial charge in [0.25, 0.3) is 17.2 Å². The van der Waals surface area contributed by atoms with Gasteiger partial charge in [0.1, 0.15) is 12.0 Å². The van der Waals surface area contributed by atoms with Crippen LogP contribution in [0.3, 0.4) is 0 Å². The van der Waals surface area contributed by atoms with Gasteiger partial charge in [-0.2, -0.15) is 0 Å². The van der Waals surface area contributed by atoms with Crippen LogP contribution in [-0.4, -0.2) is 20.8 Å². The first-order chi connectivity index (χ1) is 10.8. The Morgan fingerprint density at radius 3 is 2.70 bits per heavy atom. The van der Waals surface area contributed by atoms with Crippen molar-refractivity contribution in [2.24, 2.45) is 5.73 Å². The standard InChI is InChI=1S/C14H15N5O4/c1-7-3-8(2)18-14(21)11(7)6-17-13-10(12(15)20)4-9(5-16-13)19(22)23/h3-5H,6H2,1-2H3,(H2,15,20)(H,16,17)(H,18,21). The number of amides is 1. The fourth-order valence-corrected chi connectivity index (χ4v) is 2.16. The van der Waals surface area contributed by atoms with Gasteiger partial charge < -0.3 is 16.0 Å². The van der Waals surface area contributed by atoms with Crippen LogP contribution < -0.4 is 16.6 Å². The summed E-state index contributed by atoms with van der Waals surface area (Å²) in [5, 5.41) is 13.6. The number of anilines is 1. The molecule has 0 radical (unpaired) electrons. The zero-order valence-corrected chi connectivity index (χ0v) is 12.5. The summed E-state index contributed by atoms with van der Waals surface area (Å²) >= 11 is 0. The molecule has 0 aliphatic carbocycles. The molecule has 23 heavy (non-hydrogen) atoms. The van der Waals surface area contributed by atoms with Gasteiger partial charge in [-0.25, -0.2) is 4.98 Å². The number of pyridine rings is 2. The molecule has 120 valence electrons. The highest BCUT2D eigenvalue weighted by molar-refractivity contribution is 5.98. The first-order valence-corrected chi connectivity index (χ1v) is 6.67. The largest absolute Gasteiger partial charge is 0.365 e. The highest BCUT2D eigenvalue weighted by Gasteiger charge is 2.16. The molecule has 2 rings (SSSR count). The number of nitrogens with one attached hydrogen (secondary N) is 2. The van der Waals surface area contributed by atoms with E-state index in [0.29, 0.717) is 5.56 Å². The minimum atomic E-state index is -0.849. The van der Waals surface area contributed by atoms with Gasteiger partial charge in [-0.15, -0.1) is 0 Å². The van der Waals surface area contributed by atoms with Gasteiger partial charge >= 0.3 is 0 Å². The molecule has 0 atom stereocenters. The Kier molecular flexibility index (Phi) is 4.39. The number of aryl methyl sites for hydroxylation is 2. The van der Waals surface area contributed by atoms with Crippen molar-refractivity contribution in [3.05, 3.63) is 61.2 Å². The number of nitrogens with zero attached hydrogens (tertiary/aromatic N) is 2. The number of nitrogens with two attached hydrogens (primary N) is 1. The first kappa shape index (κ1) is 16.1. The van der Waals surface area contributed by atoms with Gasteiger partial charge in [-0.05, 0) is 25.5 Å². The highest BCUT2D eigenvalue weighted by atomic mass is 16.6. The number of rotatable bonds is 5. The third-order valence-corrected chi connectivity index (χ3v) is 3.28. The molecule has 0 unspecified atom stereocenters. The summed E-state index contributed by atoms with van der Waals surface area (Å²) in [4.78, 5) is 40.0. The quantitative estimate of drug-likeness (QED) is 0.554. The van der Waals surface area contributed by atoms with E-state index in [4.69, 9.17) is 5.73 Å². The fraction of sp³-hybridized carbons (Fsp3) is 0.214. The molecule has 0 saturated carbocycles. The summed E-state index contributed by atoms with van der Waals surface area (Å²) in [5.41, 5.74) is 6.52. The maximum absolute atomic E-state index is 11.9. The van der Waals surface area contributed by atoms with E-state index in [0.717, 1.165) is 23.5 Å². The second-order valence-electron chi connectivity index (χ2n) is 5.01. The molecule has 0 aliphatic rings. The molecule has 0 saturated heterocycles. The Morgan fingerprint density at radius 2 is 2.13 bits per heavy atom. The van der Waals surface area contributed by atoms with Gasteiger partial charge in [-0.1, -0.05) is 0 Å². The van der Waals surface area contributed by atoms with E-state index >= 15 is 0 Å². The SMILES string of the molecule is Cc1cc(C)c(CNc2ncc([N+](=O)[O-])cc2C(N)=O)c(=O)[nH]1. The number of hydrogen-bond donors (Lipinski definition) is 3. The van der Waals surface area contributed by atoms with Gasteiger partial charge in [-0.3, -0.25) is 19.7 Å². The Hall–Kier alpha value is -3.23. The molecular weight excluding hydrogens is 302 g/mol. The van der Waals surface area contributed by atoms with Crippen molar-refractivity contribution >= 4 is 17.4 Å². The van der Waals surface area contributed by atoms with Crippen LogP contribution in [0.25, 0.3) is 0 Å². The Morgan fingerprint density at radius 1 is 1.43 bits per heavy atom. The summed E-state index contributed by atoms with van der Waals surface area (Å²) in [6.45, 7) is 3.67. The Bertz CT molecular complexity index is 844. The number of H-pyrrole nitrogens is 1. The number of carbonyl (C=O) groups excluding carboxylic acids is 1. The Labute approximate surface area is 130 Å². The fourth-order valence-electron chi connectivity index (χ4n) is 2.16. The summed E-state index contributed by atoms with van der Waals surface area (Å²) in [6.07, 6.45) is 1.01. The molecule has 2 heterocycles. The van der Waals surface area contributed by atoms with Crippen LogP contribution in [0.1, 0.15) is 27.2 Å². The third-order valence-electron chi connectivity index (χ3n) is 3.28. The predicted octanol–water partition coefficient (Wildman–Crippen LogP) is 1.01. The molecule has 2 aromatic rings. The summed E-state index contributed by atoms with van der Waals surface area (Å²) in [5.74, 6) is -0.763. The number of hydrogen-bond acceptors (Lipinski definition) is 6. The topological polar surface area (TPSA) is 144 Å². The average Bonchev–Trinajstić information content (AvgIpc) is 2.45. The van der Waals surface area contributed by atoms with Crippen molar-refractivity contribution in [2.45, 2.75) is 20.4 Å². The Balaban J connectivity index is 2.33. The summed E-state index contributed by atoms with van der Waals surface area (Å²) < 4.78 is 0. The lowest BCUT2D eigenvalue weighted by Gasteiger charge is -2.10. The van der Waals surface area contributed by atoms with E-state index < -0.39 is 10.8 Å². The maximum atomic E-state index is 11.9. The van der Waals surface area contributed by atoms with Crippen LogP contribution in [-0.2, 0) is 6.54 Å². The first-order valence-electron chi connectivity index (χ1n) is 6.67. The van der Waals surface area contributed by atoms with Gasteiger partial charge in [0.05, 0.1) is 10.5 Å². The van der Waals surface area contributed by atoms with E-state index in [2.05, 4.69) is 15.3 Å². The number of carbonyl (C=O) groups is 1. The number of nitro groups is 1. The minimum absolute atomic E-state index is 0.0856. The highest BCUT2D eigenvalue weighted by Crippen LogP contribution is 2.19. The molecular formula is C14H15N5O4. The molecule has 9 nitrogen and oxygen atoms in total. The maximum Gasteiger partial charge on any atom is 0.288 e. The van der Waals surface area contributed by atoms with Crippen LogP contribution in [0, 0.1) is 24.0 Å². The lowest BCUT2D eigenvalue weighted by molar-refractivity contribution is -0.385. The van der Waals surface area contributed by atoms with E-state index in [1.807, 2.05) is 6.07 Å². The molecule has 9 heteroatoms.